The standard InChI is InChI=1S/C15H20ClNO3/c1-9(15(2,3)4)7-13(18)17-12-6-5-10(14(19)20)8-11(12)16/h5-6,8-9H,7H2,1-4H3,(H,17,18)(H,19,20). The lowest BCUT2D eigenvalue weighted by molar-refractivity contribution is -0.117. The largest absolute Gasteiger partial charge is 0.478 e. The van der Waals surface area contributed by atoms with Gasteiger partial charge >= 0.3 is 5.97 Å². The molecule has 4 nitrogen and oxygen atoms in total. The molecule has 0 aromatic heterocycles. The molecule has 0 aliphatic heterocycles. The smallest absolute Gasteiger partial charge is 0.335 e. The van der Waals surface area contributed by atoms with Crippen LogP contribution < -0.4 is 5.32 Å². The van der Waals surface area contributed by atoms with Crippen LogP contribution in [0.4, 0.5) is 5.69 Å². The first-order valence-electron chi connectivity index (χ1n) is 6.44. The van der Waals surface area contributed by atoms with Crippen LogP contribution in [0.5, 0.6) is 0 Å². The molecule has 0 radical (unpaired) electrons. The zero-order chi connectivity index (χ0) is 15.5. The zero-order valence-electron chi connectivity index (χ0n) is 12.2. The van der Waals surface area contributed by atoms with Crippen LogP contribution >= 0.6 is 11.6 Å². The zero-order valence-corrected chi connectivity index (χ0v) is 12.9. The Hall–Kier alpha value is -1.55. The molecule has 0 saturated carbocycles. The molecule has 2 N–H and O–H groups in total. The molecule has 0 aliphatic rings. The normalized spacial score (nSPS) is 12.8. The van der Waals surface area contributed by atoms with Crippen LogP contribution in [0.3, 0.4) is 0 Å². The van der Waals surface area contributed by atoms with E-state index in [1.807, 2.05) is 6.92 Å². The van der Waals surface area contributed by atoms with Crippen molar-refractivity contribution < 1.29 is 14.7 Å². The predicted octanol–water partition coefficient (Wildman–Crippen LogP) is 4.05. The molecule has 0 bridgehead atoms. The Labute approximate surface area is 124 Å². The Kier molecular flexibility index (Phi) is 5.17. The van der Waals surface area contributed by atoms with Gasteiger partial charge in [0.1, 0.15) is 0 Å². The quantitative estimate of drug-likeness (QED) is 0.881. The van der Waals surface area contributed by atoms with Gasteiger partial charge in [0.15, 0.2) is 0 Å². The molecule has 0 heterocycles. The molecule has 1 rings (SSSR count). The summed E-state index contributed by atoms with van der Waals surface area (Å²) in [6.45, 7) is 8.27. The van der Waals surface area contributed by atoms with Crippen molar-refractivity contribution in [3.63, 3.8) is 0 Å². The van der Waals surface area contributed by atoms with Crippen molar-refractivity contribution in [1.29, 1.82) is 0 Å². The van der Waals surface area contributed by atoms with E-state index in [0.717, 1.165) is 0 Å². The fourth-order valence-electron chi connectivity index (χ4n) is 1.54. The van der Waals surface area contributed by atoms with E-state index in [1.54, 1.807) is 0 Å². The number of carbonyl (C=O) groups excluding carboxylic acids is 1. The Balaban J connectivity index is 2.74. The third kappa shape index (κ3) is 4.53. The summed E-state index contributed by atoms with van der Waals surface area (Å²) in [5.41, 5.74) is 0.577. The minimum Gasteiger partial charge on any atom is -0.478 e. The van der Waals surface area contributed by atoms with Gasteiger partial charge in [-0.05, 0) is 29.5 Å². The van der Waals surface area contributed by atoms with Gasteiger partial charge in [-0.3, -0.25) is 4.79 Å². The fraction of sp³-hybridized carbons (Fsp3) is 0.467. The maximum atomic E-state index is 12.0. The van der Waals surface area contributed by atoms with Gasteiger partial charge < -0.3 is 10.4 Å². The van der Waals surface area contributed by atoms with Crippen LogP contribution in [0, 0.1) is 11.3 Å². The minimum absolute atomic E-state index is 0.0499. The summed E-state index contributed by atoms with van der Waals surface area (Å²) in [6, 6.07) is 4.25. The molecule has 20 heavy (non-hydrogen) atoms. The lowest BCUT2D eigenvalue weighted by Gasteiger charge is -2.26. The van der Waals surface area contributed by atoms with Crippen LogP contribution in [0.2, 0.25) is 5.02 Å². The number of carboxylic acids is 1. The van der Waals surface area contributed by atoms with E-state index >= 15 is 0 Å². The molecule has 1 aromatic carbocycles. The summed E-state index contributed by atoms with van der Waals surface area (Å²) in [4.78, 5) is 22.8. The van der Waals surface area contributed by atoms with Gasteiger partial charge in [-0.25, -0.2) is 4.79 Å². The number of nitrogens with one attached hydrogen (secondary N) is 1. The van der Waals surface area contributed by atoms with E-state index in [-0.39, 0.29) is 27.8 Å². The number of rotatable bonds is 4. The second-order valence-electron chi connectivity index (χ2n) is 6.02. The molecule has 1 amide bonds. The second-order valence-corrected chi connectivity index (χ2v) is 6.43. The molecule has 0 aliphatic carbocycles. The van der Waals surface area contributed by atoms with E-state index in [9.17, 15) is 9.59 Å². The molecule has 1 unspecified atom stereocenters. The number of hydrogen-bond donors (Lipinski definition) is 2. The number of anilines is 1. The van der Waals surface area contributed by atoms with Gasteiger partial charge in [0.25, 0.3) is 0 Å². The van der Waals surface area contributed by atoms with Gasteiger partial charge in [-0.2, -0.15) is 0 Å². The third-order valence-electron chi connectivity index (χ3n) is 3.46. The third-order valence-corrected chi connectivity index (χ3v) is 3.77. The van der Waals surface area contributed by atoms with Crippen molar-refractivity contribution in [2.24, 2.45) is 11.3 Å². The lowest BCUT2D eigenvalue weighted by atomic mass is 9.80. The predicted molar refractivity (Wildman–Crippen MR) is 80.3 cm³/mol. The molecule has 0 fully saturated rings. The summed E-state index contributed by atoms with van der Waals surface area (Å²) in [5.74, 6) is -0.955. The minimum atomic E-state index is -1.05. The first-order valence-corrected chi connectivity index (χ1v) is 6.81. The van der Waals surface area contributed by atoms with Gasteiger partial charge in [-0.1, -0.05) is 39.3 Å². The highest BCUT2D eigenvalue weighted by Gasteiger charge is 2.22. The van der Waals surface area contributed by atoms with Gasteiger partial charge in [0.2, 0.25) is 5.91 Å². The average molecular weight is 298 g/mol. The summed E-state index contributed by atoms with van der Waals surface area (Å²) in [6.07, 6.45) is 0.389. The van der Waals surface area contributed by atoms with Crippen molar-refractivity contribution in [1.82, 2.24) is 0 Å². The first kappa shape index (κ1) is 16.5. The molecule has 0 spiro atoms. The second kappa shape index (κ2) is 6.27. The van der Waals surface area contributed by atoms with Gasteiger partial charge in [0.05, 0.1) is 16.3 Å². The molecule has 5 heteroatoms. The Morgan fingerprint density at radius 1 is 1.35 bits per heavy atom. The number of benzene rings is 1. The summed E-state index contributed by atoms with van der Waals surface area (Å²) in [5, 5.41) is 11.8. The number of aromatic carboxylic acids is 1. The number of amides is 1. The fourth-order valence-corrected chi connectivity index (χ4v) is 1.76. The highest BCUT2D eigenvalue weighted by Crippen LogP contribution is 2.29. The Morgan fingerprint density at radius 3 is 2.40 bits per heavy atom. The maximum absolute atomic E-state index is 12.0. The van der Waals surface area contributed by atoms with Crippen LogP contribution in [0.1, 0.15) is 44.5 Å². The van der Waals surface area contributed by atoms with Crippen molar-refractivity contribution in [3.05, 3.63) is 28.8 Å². The van der Waals surface area contributed by atoms with E-state index in [0.29, 0.717) is 12.1 Å². The van der Waals surface area contributed by atoms with E-state index in [1.165, 1.54) is 18.2 Å². The summed E-state index contributed by atoms with van der Waals surface area (Å²) >= 11 is 5.97. The van der Waals surface area contributed by atoms with Crippen molar-refractivity contribution >= 4 is 29.2 Å². The van der Waals surface area contributed by atoms with Crippen LogP contribution in [-0.2, 0) is 4.79 Å². The molecule has 110 valence electrons. The van der Waals surface area contributed by atoms with Crippen LogP contribution in [0.15, 0.2) is 18.2 Å². The topological polar surface area (TPSA) is 66.4 Å². The van der Waals surface area contributed by atoms with Crippen molar-refractivity contribution in [3.8, 4) is 0 Å². The number of hydrogen-bond acceptors (Lipinski definition) is 2. The van der Waals surface area contributed by atoms with E-state index in [2.05, 4.69) is 26.1 Å². The highest BCUT2D eigenvalue weighted by atomic mass is 35.5. The van der Waals surface area contributed by atoms with E-state index in [4.69, 9.17) is 16.7 Å². The van der Waals surface area contributed by atoms with Crippen molar-refractivity contribution in [2.45, 2.75) is 34.1 Å². The van der Waals surface area contributed by atoms with E-state index < -0.39 is 5.97 Å². The van der Waals surface area contributed by atoms with Crippen molar-refractivity contribution in [2.75, 3.05) is 5.32 Å². The molecule has 1 atom stereocenters. The molecular formula is C15H20ClNO3. The lowest BCUT2D eigenvalue weighted by Crippen LogP contribution is -2.24. The summed E-state index contributed by atoms with van der Waals surface area (Å²) < 4.78 is 0. The maximum Gasteiger partial charge on any atom is 0.335 e. The number of carboxylic acid groups (broad SMARTS) is 1. The van der Waals surface area contributed by atoms with Gasteiger partial charge in [-0.15, -0.1) is 0 Å². The first-order chi connectivity index (χ1) is 9.11. The monoisotopic (exact) mass is 297 g/mol. The van der Waals surface area contributed by atoms with Crippen LogP contribution in [0.25, 0.3) is 0 Å². The Morgan fingerprint density at radius 2 is 1.95 bits per heavy atom. The summed E-state index contributed by atoms with van der Waals surface area (Å²) in [7, 11) is 0. The average Bonchev–Trinajstić information content (AvgIpc) is 2.30. The molecule has 1 aromatic rings. The SMILES string of the molecule is CC(CC(=O)Nc1ccc(C(=O)O)cc1Cl)C(C)(C)C. The van der Waals surface area contributed by atoms with Crippen LogP contribution in [-0.4, -0.2) is 17.0 Å². The highest BCUT2D eigenvalue weighted by molar-refractivity contribution is 6.34. The van der Waals surface area contributed by atoms with Gasteiger partial charge in [0, 0.05) is 6.42 Å². The molecular weight excluding hydrogens is 278 g/mol. The number of halogens is 1. The Bertz CT molecular complexity index is 520. The molecule has 0 saturated heterocycles. The number of carbonyl (C=O) groups is 2.